The lowest BCUT2D eigenvalue weighted by Crippen LogP contribution is -2.30. The van der Waals surface area contributed by atoms with E-state index in [1.54, 1.807) is 0 Å². The molecule has 0 aromatic carbocycles. The van der Waals surface area contributed by atoms with E-state index in [1.807, 2.05) is 60.8 Å². The van der Waals surface area contributed by atoms with Crippen LogP contribution in [0, 0.1) is 0 Å². The minimum Gasteiger partial charge on any atom is -0.462 e. The molecule has 0 saturated carbocycles. The number of hydrogen-bond acceptors (Lipinski definition) is 6. The highest BCUT2D eigenvalue weighted by Gasteiger charge is 2.19. The van der Waals surface area contributed by atoms with E-state index in [2.05, 4.69) is 106 Å². The number of allylic oxidation sites excluding steroid dienone is 24. The molecule has 0 spiro atoms. The summed E-state index contributed by atoms with van der Waals surface area (Å²) >= 11 is 0. The minimum absolute atomic E-state index is 0.125. The van der Waals surface area contributed by atoms with E-state index in [-0.39, 0.29) is 44.0 Å². The zero-order valence-corrected chi connectivity index (χ0v) is 44.0. The van der Waals surface area contributed by atoms with Crippen LogP contribution in [0.1, 0.15) is 213 Å². The summed E-state index contributed by atoms with van der Waals surface area (Å²) in [6.07, 6.45) is 79.7. The molecule has 0 aromatic rings. The van der Waals surface area contributed by atoms with Gasteiger partial charge in [0.25, 0.3) is 0 Å². The van der Waals surface area contributed by atoms with E-state index in [9.17, 15) is 14.4 Å². The summed E-state index contributed by atoms with van der Waals surface area (Å²) in [6.45, 7) is 6.33. The van der Waals surface area contributed by atoms with Gasteiger partial charge in [0.05, 0.1) is 0 Å². The van der Waals surface area contributed by atoms with Crippen molar-refractivity contribution < 1.29 is 28.6 Å². The van der Waals surface area contributed by atoms with Gasteiger partial charge in [0.2, 0.25) is 0 Å². The second kappa shape index (κ2) is 55.9. The lowest BCUT2D eigenvalue weighted by atomic mass is 10.1. The van der Waals surface area contributed by atoms with Crippen molar-refractivity contribution in [3.05, 3.63) is 146 Å². The predicted octanol–water partition coefficient (Wildman–Crippen LogP) is 18.4. The van der Waals surface area contributed by atoms with Crippen molar-refractivity contribution in [2.24, 2.45) is 0 Å². The standard InChI is InChI=1S/C63H98O6/c1-4-7-10-13-16-19-22-25-28-31-34-37-40-43-46-49-52-55-61(64)67-58-60(69-63(66)57-54-51-48-45-42-39-36-33-30-27-24-21-18-15-12-9-6-3)59-68-62(65)56-53-50-47-44-41-38-35-32-29-26-23-20-17-14-11-8-5-2/h7,10,13,16-22,25-31,34,36-37,39-40,45,48,60H,4-6,8-9,11-12,14-15,23-24,32-33,35,38,41-44,46-47,49-59H2,1-3H3/b10-7-,16-13-,20-17-,21-18-,22-19-,28-25-,29-26-,30-27-,34-31+,39-36-,40-37-,48-45-. The number of carbonyl (C=O) groups excluding carboxylic acids is 3. The lowest BCUT2D eigenvalue weighted by Gasteiger charge is -2.18. The highest BCUT2D eigenvalue weighted by atomic mass is 16.6. The third kappa shape index (κ3) is 54.1. The van der Waals surface area contributed by atoms with E-state index in [4.69, 9.17) is 14.2 Å². The quantitative estimate of drug-likeness (QED) is 0.0199. The molecule has 0 aromatic heterocycles. The number of esters is 3. The SMILES string of the molecule is CC\C=C/C=C\C=C/C=C\C=C\C=C/CCCCCC(=O)OCC(COC(=O)CCCCCCCCC/C=C\C/C=C\CCCCC)OC(=O)CCC/C=C\C/C=C\C/C=C\C/C=C\CCCCC. The van der Waals surface area contributed by atoms with Crippen LogP contribution in [0.25, 0.3) is 0 Å². The summed E-state index contributed by atoms with van der Waals surface area (Å²) in [4.78, 5) is 38.1. The van der Waals surface area contributed by atoms with Gasteiger partial charge in [-0.05, 0) is 109 Å². The second-order valence-corrected chi connectivity index (χ2v) is 17.5. The van der Waals surface area contributed by atoms with Crippen molar-refractivity contribution >= 4 is 17.9 Å². The average molecular weight is 951 g/mol. The first-order chi connectivity index (χ1) is 34.0. The van der Waals surface area contributed by atoms with Gasteiger partial charge in [0.15, 0.2) is 6.10 Å². The smallest absolute Gasteiger partial charge is 0.306 e. The van der Waals surface area contributed by atoms with Gasteiger partial charge in [-0.3, -0.25) is 14.4 Å². The normalized spacial score (nSPS) is 13.3. The molecular weight excluding hydrogens is 853 g/mol. The summed E-state index contributed by atoms with van der Waals surface area (Å²) in [5, 5.41) is 0. The Hall–Kier alpha value is -4.71. The van der Waals surface area contributed by atoms with Gasteiger partial charge in [0, 0.05) is 19.3 Å². The van der Waals surface area contributed by atoms with E-state index in [0.717, 1.165) is 83.5 Å². The van der Waals surface area contributed by atoms with Gasteiger partial charge in [-0.15, -0.1) is 0 Å². The van der Waals surface area contributed by atoms with Crippen molar-refractivity contribution in [2.45, 2.75) is 219 Å². The number of hydrogen-bond donors (Lipinski definition) is 0. The fourth-order valence-corrected chi connectivity index (χ4v) is 6.85. The van der Waals surface area contributed by atoms with Gasteiger partial charge in [-0.2, -0.15) is 0 Å². The molecule has 0 aliphatic heterocycles. The van der Waals surface area contributed by atoms with Crippen molar-refractivity contribution in [3.63, 3.8) is 0 Å². The first-order valence-electron chi connectivity index (χ1n) is 27.4. The summed E-state index contributed by atoms with van der Waals surface area (Å²) in [5.74, 6) is -1.04. The summed E-state index contributed by atoms with van der Waals surface area (Å²) < 4.78 is 16.7. The number of rotatable bonds is 47. The Bertz CT molecular complexity index is 1560. The molecule has 0 N–H and O–H groups in total. The first kappa shape index (κ1) is 64.3. The summed E-state index contributed by atoms with van der Waals surface area (Å²) in [7, 11) is 0. The molecule has 0 heterocycles. The highest BCUT2D eigenvalue weighted by Crippen LogP contribution is 2.12. The molecule has 1 atom stereocenters. The van der Waals surface area contributed by atoms with Gasteiger partial charge in [0.1, 0.15) is 13.2 Å². The van der Waals surface area contributed by atoms with Gasteiger partial charge >= 0.3 is 17.9 Å². The number of unbranched alkanes of at least 4 members (excludes halogenated alkanes) is 17. The maximum Gasteiger partial charge on any atom is 0.306 e. The third-order valence-corrected chi connectivity index (χ3v) is 11.0. The van der Waals surface area contributed by atoms with E-state index in [0.29, 0.717) is 19.3 Å². The minimum atomic E-state index is -0.835. The molecule has 0 fully saturated rings. The Morgan fingerprint density at radius 2 is 0.638 bits per heavy atom. The van der Waals surface area contributed by atoms with Gasteiger partial charge < -0.3 is 14.2 Å². The Morgan fingerprint density at radius 1 is 0.319 bits per heavy atom. The zero-order valence-electron chi connectivity index (χ0n) is 44.0. The van der Waals surface area contributed by atoms with Crippen LogP contribution >= 0.6 is 0 Å². The molecule has 1 unspecified atom stereocenters. The van der Waals surface area contributed by atoms with Crippen LogP contribution < -0.4 is 0 Å². The first-order valence-corrected chi connectivity index (χ1v) is 27.4. The molecule has 6 heteroatoms. The maximum absolute atomic E-state index is 12.8. The Kier molecular flexibility index (Phi) is 52.1. The average Bonchev–Trinajstić information content (AvgIpc) is 3.35. The molecule has 0 amide bonds. The van der Waals surface area contributed by atoms with Crippen LogP contribution in [-0.2, 0) is 28.6 Å². The topological polar surface area (TPSA) is 78.9 Å². The molecule has 0 bridgehead atoms. The largest absolute Gasteiger partial charge is 0.462 e. The van der Waals surface area contributed by atoms with Crippen molar-refractivity contribution in [3.8, 4) is 0 Å². The molecule has 0 aliphatic carbocycles. The molecule has 6 nitrogen and oxygen atoms in total. The molecule has 0 rings (SSSR count). The second-order valence-electron chi connectivity index (χ2n) is 17.5. The lowest BCUT2D eigenvalue weighted by molar-refractivity contribution is -0.167. The summed E-state index contributed by atoms with van der Waals surface area (Å²) in [6, 6.07) is 0. The van der Waals surface area contributed by atoms with E-state index < -0.39 is 6.10 Å². The van der Waals surface area contributed by atoms with Crippen LogP contribution in [0.3, 0.4) is 0 Å². The molecule has 386 valence electrons. The van der Waals surface area contributed by atoms with Gasteiger partial charge in [-0.25, -0.2) is 0 Å². The molecule has 0 aliphatic rings. The van der Waals surface area contributed by atoms with E-state index in [1.165, 1.54) is 77.0 Å². The Balaban J connectivity index is 4.61. The van der Waals surface area contributed by atoms with Crippen LogP contribution in [-0.4, -0.2) is 37.2 Å². The molecular formula is C63H98O6. The zero-order chi connectivity index (χ0) is 50.0. The Morgan fingerprint density at radius 3 is 1.07 bits per heavy atom. The Labute approximate surface area is 423 Å². The fourth-order valence-electron chi connectivity index (χ4n) is 6.85. The molecule has 0 saturated heterocycles. The van der Waals surface area contributed by atoms with Crippen LogP contribution in [0.2, 0.25) is 0 Å². The van der Waals surface area contributed by atoms with Crippen LogP contribution in [0.4, 0.5) is 0 Å². The number of ether oxygens (including phenoxy) is 3. The highest BCUT2D eigenvalue weighted by molar-refractivity contribution is 5.71. The van der Waals surface area contributed by atoms with Crippen LogP contribution in [0.5, 0.6) is 0 Å². The van der Waals surface area contributed by atoms with Crippen molar-refractivity contribution in [1.29, 1.82) is 0 Å². The van der Waals surface area contributed by atoms with E-state index >= 15 is 0 Å². The fraction of sp³-hybridized carbons (Fsp3) is 0.571. The summed E-state index contributed by atoms with van der Waals surface area (Å²) in [5.41, 5.74) is 0. The van der Waals surface area contributed by atoms with Crippen molar-refractivity contribution in [2.75, 3.05) is 13.2 Å². The molecule has 69 heavy (non-hydrogen) atoms. The molecule has 0 radical (unpaired) electrons. The number of carbonyl (C=O) groups is 3. The van der Waals surface area contributed by atoms with Crippen molar-refractivity contribution in [1.82, 2.24) is 0 Å². The predicted molar refractivity (Wildman–Crippen MR) is 297 cm³/mol. The third-order valence-electron chi connectivity index (χ3n) is 11.0. The monoisotopic (exact) mass is 951 g/mol. The van der Waals surface area contributed by atoms with Crippen LogP contribution in [0.15, 0.2) is 146 Å². The van der Waals surface area contributed by atoms with Gasteiger partial charge in [-0.1, -0.05) is 231 Å². The maximum atomic E-state index is 12.8.